The second kappa shape index (κ2) is 4.85. The molecule has 1 aromatic rings. The molecule has 0 heterocycles. The maximum absolute atomic E-state index is 5.47. The number of halogens is 1. The lowest BCUT2D eigenvalue weighted by atomic mass is 10.3. The summed E-state index contributed by atoms with van der Waals surface area (Å²) in [5.41, 5.74) is 6.23. The second-order valence-corrected chi connectivity index (χ2v) is 2.00. The van der Waals surface area contributed by atoms with E-state index in [-0.39, 0.29) is 12.4 Å². The molecule has 11 heavy (non-hydrogen) atoms. The van der Waals surface area contributed by atoms with Crippen molar-refractivity contribution in [2.75, 3.05) is 12.3 Å². The number of anilines is 1. The van der Waals surface area contributed by atoms with Gasteiger partial charge in [-0.3, -0.25) is 0 Å². The van der Waals surface area contributed by atoms with Crippen molar-refractivity contribution in [1.29, 1.82) is 0 Å². The van der Waals surface area contributed by atoms with Crippen LogP contribution in [0.4, 0.5) is 5.69 Å². The Morgan fingerprint density at radius 2 is 1.82 bits per heavy atom. The number of nitrogens with two attached hydrogens (primary N) is 1. The average Bonchev–Trinajstić information content (AvgIpc) is 1.95. The monoisotopic (exact) mass is 172 g/mol. The first-order valence-corrected chi connectivity index (χ1v) is 3.31. The SMILES string of the molecule is CCOc1ccc(N)cc1.[Cl-]. The first-order valence-electron chi connectivity index (χ1n) is 3.31. The molecule has 0 aromatic heterocycles. The molecule has 0 saturated carbocycles. The molecule has 0 fully saturated rings. The molecule has 0 atom stereocenters. The molecule has 0 aliphatic rings. The van der Waals surface area contributed by atoms with Gasteiger partial charge in [0.15, 0.2) is 0 Å². The van der Waals surface area contributed by atoms with Crippen molar-refractivity contribution in [3.8, 4) is 5.75 Å². The van der Waals surface area contributed by atoms with Crippen molar-refractivity contribution in [2.24, 2.45) is 0 Å². The Bertz CT molecular complexity index is 198. The summed E-state index contributed by atoms with van der Waals surface area (Å²) >= 11 is 0. The summed E-state index contributed by atoms with van der Waals surface area (Å²) in [5.74, 6) is 0.872. The van der Waals surface area contributed by atoms with Crippen molar-refractivity contribution in [3.05, 3.63) is 24.3 Å². The Labute approximate surface area is 72.8 Å². The van der Waals surface area contributed by atoms with Crippen molar-refractivity contribution >= 4 is 5.69 Å². The van der Waals surface area contributed by atoms with Crippen molar-refractivity contribution < 1.29 is 17.1 Å². The van der Waals surface area contributed by atoms with Gasteiger partial charge < -0.3 is 22.9 Å². The lowest BCUT2D eigenvalue weighted by Gasteiger charge is -2.01. The van der Waals surface area contributed by atoms with E-state index in [1.54, 1.807) is 0 Å². The molecule has 0 aliphatic carbocycles. The molecule has 1 rings (SSSR count). The van der Waals surface area contributed by atoms with E-state index >= 15 is 0 Å². The molecule has 0 spiro atoms. The van der Waals surface area contributed by atoms with Crippen LogP contribution in [0.5, 0.6) is 5.75 Å². The highest BCUT2D eigenvalue weighted by molar-refractivity contribution is 5.41. The van der Waals surface area contributed by atoms with E-state index in [0.717, 1.165) is 11.4 Å². The molecule has 3 heteroatoms. The summed E-state index contributed by atoms with van der Waals surface area (Å²) in [4.78, 5) is 0. The predicted octanol–water partition coefficient (Wildman–Crippen LogP) is -1.33. The molecule has 0 unspecified atom stereocenters. The molecule has 2 N–H and O–H groups in total. The number of hydrogen-bond acceptors (Lipinski definition) is 2. The number of rotatable bonds is 2. The highest BCUT2D eigenvalue weighted by atomic mass is 35.5. The Hall–Kier alpha value is -0.890. The van der Waals surface area contributed by atoms with Crippen LogP contribution in [-0.2, 0) is 0 Å². The molecule has 1 aromatic carbocycles. The molecule has 0 saturated heterocycles. The van der Waals surface area contributed by atoms with Crippen LogP contribution in [0.1, 0.15) is 6.92 Å². The smallest absolute Gasteiger partial charge is 0.119 e. The van der Waals surface area contributed by atoms with E-state index in [1.807, 2.05) is 31.2 Å². The second-order valence-electron chi connectivity index (χ2n) is 2.00. The predicted molar refractivity (Wildman–Crippen MR) is 42.0 cm³/mol. The van der Waals surface area contributed by atoms with Crippen LogP contribution in [0.25, 0.3) is 0 Å². The third-order valence-electron chi connectivity index (χ3n) is 1.19. The van der Waals surface area contributed by atoms with E-state index in [0.29, 0.717) is 6.61 Å². The third-order valence-corrected chi connectivity index (χ3v) is 1.19. The molecule has 0 radical (unpaired) electrons. The zero-order valence-corrected chi connectivity index (χ0v) is 7.14. The zero-order chi connectivity index (χ0) is 7.40. The molecule has 62 valence electrons. The number of hydrogen-bond donors (Lipinski definition) is 1. The fourth-order valence-electron chi connectivity index (χ4n) is 0.731. The topological polar surface area (TPSA) is 35.2 Å². The van der Waals surface area contributed by atoms with Crippen molar-refractivity contribution in [2.45, 2.75) is 6.92 Å². The molecule has 0 aliphatic heterocycles. The highest BCUT2D eigenvalue weighted by Crippen LogP contribution is 2.12. The maximum Gasteiger partial charge on any atom is 0.119 e. The Morgan fingerprint density at radius 3 is 2.27 bits per heavy atom. The minimum absolute atomic E-state index is 0. The van der Waals surface area contributed by atoms with E-state index < -0.39 is 0 Å². The van der Waals surface area contributed by atoms with E-state index in [9.17, 15) is 0 Å². The largest absolute Gasteiger partial charge is 1.00 e. The lowest BCUT2D eigenvalue weighted by molar-refractivity contribution is -0.00000268. The van der Waals surface area contributed by atoms with E-state index in [4.69, 9.17) is 10.5 Å². The molecular formula is C8H11ClNO-. The van der Waals surface area contributed by atoms with Crippen LogP contribution < -0.4 is 22.9 Å². The van der Waals surface area contributed by atoms with Crippen LogP contribution in [-0.4, -0.2) is 6.61 Å². The lowest BCUT2D eigenvalue weighted by Crippen LogP contribution is -3.00. The first-order chi connectivity index (χ1) is 4.83. The van der Waals surface area contributed by atoms with Gasteiger partial charge in [-0.15, -0.1) is 0 Å². The van der Waals surface area contributed by atoms with E-state index in [1.165, 1.54) is 0 Å². The van der Waals surface area contributed by atoms with Gasteiger partial charge in [0, 0.05) is 5.69 Å². The quantitative estimate of drug-likeness (QED) is 0.562. The average molecular weight is 173 g/mol. The van der Waals surface area contributed by atoms with Crippen LogP contribution >= 0.6 is 0 Å². The Morgan fingerprint density at radius 1 is 1.27 bits per heavy atom. The first kappa shape index (κ1) is 10.1. The normalized spacial score (nSPS) is 8.45. The van der Waals surface area contributed by atoms with Crippen molar-refractivity contribution in [1.82, 2.24) is 0 Å². The minimum atomic E-state index is 0. The molecule has 2 nitrogen and oxygen atoms in total. The van der Waals surface area contributed by atoms with Crippen molar-refractivity contribution in [3.63, 3.8) is 0 Å². The molecule has 0 amide bonds. The molecular weight excluding hydrogens is 162 g/mol. The van der Waals surface area contributed by atoms with Gasteiger partial charge in [0.25, 0.3) is 0 Å². The fraction of sp³-hybridized carbons (Fsp3) is 0.250. The highest BCUT2D eigenvalue weighted by Gasteiger charge is 1.88. The van der Waals surface area contributed by atoms with Crippen LogP contribution in [0.2, 0.25) is 0 Å². The van der Waals surface area contributed by atoms with Gasteiger partial charge in [0.2, 0.25) is 0 Å². The van der Waals surface area contributed by atoms with E-state index in [2.05, 4.69) is 0 Å². The Balaban J connectivity index is 0.000001000. The zero-order valence-electron chi connectivity index (χ0n) is 6.38. The van der Waals surface area contributed by atoms with Gasteiger partial charge >= 0.3 is 0 Å². The summed E-state index contributed by atoms with van der Waals surface area (Å²) in [5, 5.41) is 0. The van der Waals surface area contributed by atoms with Crippen LogP contribution in [0.3, 0.4) is 0 Å². The number of nitrogen functional groups attached to an aromatic ring is 1. The maximum atomic E-state index is 5.47. The summed E-state index contributed by atoms with van der Waals surface area (Å²) < 4.78 is 5.21. The summed E-state index contributed by atoms with van der Waals surface area (Å²) in [6.45, 7) is 2.65. The van der Waals surface area contributed by atoms with Gasteiger partial charge in [0.05, 0.1) is 6.61 Å². The fourth-order valence-corrected chi connectivity index (χ4v) is 0.731. The standard InChI is InChI=1S/C8H11NO.ClH/c1-2-10-8-5-3-7(9)4-6-8;/h3-6H,2,9H2,1H3;1H/p-1. The van der Waals surface area contributed by atoms with Gasteiger partial charge in [-0.05, 0) is 31.2 Å². The summed E-state index contributed by atoms with van der Waals surface area (Å²) in [6, 6.07) is 7.37. The number of ether oxygens (including phenoxy) is 1. The third kappa shape index (κ3) is 3.14. The minimum Gasteiger partial charge on any atom is -1.00 e. The number of benzene rings is 1. The summed E-state index contributed by atoms with van der Waals surface area (Å²) in [6.07, 6.45) is 0. The summed E-state index contributed by atoms with van der Waals surface area (Å²) in [7, 11) is 0. The van der Waals surface area contributed by atoms with Gasteiger partial charge in [-0.25, -0.2) is 0 Å². The molecule has 0 bridgehead atoms. The Kier molecular flexibility index (Phi) is 4.46. The van der Waals surface area contributed by atoms with Gasteiger partial charge in [-0.1, -0.05) is 0 Å². The van der Waals surface area contributed by atoms with Crippen LogP contribution in [0.15, 0.2) is 24.3 Å². The van der Waals surface area contributed by atoms with Crippen LogP contribution in [0, 0.1) is 0 Å². The van der Waals surface area contributed by atoms with Gasteiger partial charge in [0.1, 0.15) is 5.75 Å². The van der Waals surface area contributed by atoms with Gasteiger partial charge in [-0.2, -0.15) is 0 Å².